The van der Waals surface area contributed by atoms with Gasteiger partial charge in [-0.25, -0.2) is 4.79 Å². The van der Waals surface area contributed by atoms with Crippen LogP contribution >= 0.6 is 0 Å². The monoisotopic (exact) mass is 546 g/mol. The van der Waals surface area contributed by atoms with Crippen molar-refractivity contribution in [2.75, 3.05) is 18.5 Å². The van der Waals surface area contributed by atoms with Crippen LogP contribution in [0.25, 0.3) is 22.6 Å². The molecule has 2 aromatic carbocycles. The zero-order chi connectivity index (χ0) is 28.4. The van der Waals surface area contributed by atoms with Gasteiger partial charge < -0.3 is 20.3 Å². The van der Waals surface area contributed by atoms with Crippen molar-refractivity contribution in [2.45, 2.75) is 24.9 Å². The molecule has 9 heteroatoms. The SMILES string of the molecule is CN1C(=O)c2c(c3c4c([nH]c3c3c2=C2C=CC=CC2N3CC(=O)NC(Cc2ccccc2)C(=O)O)=CC=CC4)C1=O. The van der Waals surface area contributed by atoms with Gasteiger partial charge in [-0.3, -0.25) is 19.3 Å². The number of hydrogen-bond acceptors (Lipinski definition) is 5. The third-order valence-electron chi connectivity index (χ3n) is 8.26. The Morgan fingerprint density at radius 2 is 1.88 bits per heavy atom. The molecular formula is C32H26N4O5. The average molecular weight is 547 g/mol. The molecular weight excluding hydrogens is 520 g/mol. The first kappa shape index (κ1) is 24.8. The fraction of sp³-hybridized carbons (Fsp3) is 0.188. The van der Waals surface area contributed by atoms with Gasteiger partial charge in [-0.1, -0.05) is 66.8 Å². The highest BCUT2D eigenvalue weighted by molar-refractivity contribution is 6.29. The molecule has 41 heavy (non-hydrogen) atoms. The first-order valence-electron chi connectivity index (χ1n) is 13.5. The number of carbonyl (C=O) groups is 4. The predicted octanol–water partition coefficient (Wildman–Crippen LogP) is 1.56. The molecule has 2 aliphatic heterocycles. The molecule has 0 fully saturated rings. The maximum absolute atomic E-state index is 13.6. The minimum Gasteiger partial charge on any atom is -0.480 e. The second-order valence-electron chi connectivity index (χ2n) is 10.6. The van der Waals surface area contributed by atoms with Gasteiger partial charge in [0.2, 0.25) is 5.91 Å². The molecule has 1 aromatic heterocycles. The molecule has 0 saturated heterocycles. The van der Waals surface area contributed by atoms with E-state index in [2.05, 4.69) is 10.3 Å². The van der Waals surface area contributed by atoms with Gasteiger partial charge in [-0.15, -0.1) is 0 Å². The third-order valence-corrected chi connectivity index (χ3v) is 8.26. The van der Waals surface area contributed by atoms with E-state index in [1.54, 1.807) is 0 Å². The number of aromatic nitrogens is 1. The molecule has 2 atom stereocenters. The molecule has 2 unspecified atom stereocenters. The molecule has 3 amide bonds. The highest BCUT2D eigenvalue weighted by Crippen LogP contribution is 2.40. The Labute approximate surface area is 234 Å². The summed E-state index contributed by atoms with van der Waals surface area (Å²) in [7, 11) is 1.49. The Kier molecular flexibility index (Phi) is 5.57. The average Bonchev–Trinajstić information content (AvgIpc) is 3.58. The summed E-state index contributed by atoms with van der Waals surface area (Å²) in [6, 6.07) is 7.67. The van der Waals surface area contributed by atoms with Crippen LogP contribution in [-0.4, -0.2) is 64.4 Å². The lowest BCUT2D eigenvalue weighted by atomic mass is 9.94. The molecule has 0 saturated carbocycles. The molecule has 2 aliphatic carbocycles. The van der Waals surface area contributed by atoms with Crippen LogP contribution in [0.4, 0.5) is 5.69 Å². The normalized spacial score (nSPS) is 18.8. The number of carboxylic acids is 1. The van der Waals surface area contributed by atoms with Crippen LogP contribution in [0.5, 0.6) is 0 Å². The van der Waals surface area contributed by atoms with Crippen LogP contribution in [-0.2, 0) is 22.4 Å². The summed E-state index contributed by atoms with van der Waals surface area (Å²) >= 11 is 0. The zero-order valence-electron chi connectivity index (χ0n) is 22.2. The molecule has 7 rings (SSSR count). The fourth-order valence-corrected chi connectivity index (χ4v) is 6.43. The van der Waals surface area contributed by atoms with E-state index >= 15 is 0 Å². The van der Waals surface area contributed by atoms with E-state index in [4.69, 9.17) is 0 Å². The molecule has 3 N–H and O–H groups in total. The van der Waals surface area contributed by atoms with E-state index in [-0.39, 0.29) is 30.8 Å². The van der Waals surface area contributed by atoms with Gasteiger partial charge in [0.15, 0.2) is 0 Å². The smallest absolute Gasteiger partial charge is 0.326 e. The number of carboxylic acid groups (broad SMARTS) is 1. The summed E-state index contributed by atoms with van der Waals surface area (Å²) in [5, 5.41) is 14.8. The molecule has 204 valence electrons. The first-order chi connectivity index (χ1) is 19.8. The fourth-order valence-electron chi connectivity index (χ4n) is 6.43. The summed E-state index contributed by atoms with van der Waals surface area (Å²) in [5.41, 5.74) is 4.65. The van der Waals surface area contributed by atoms with Crippen LogP contribution < -0.4 is 20.8 Å². The number of allylic oxidation sites excluding steroid dienone is 4. The number of amides is 3. The van der Waals surface area contributed by atoms with E-state index in [0.29, 0.717) is 39.4 Å². The van der Waals surface area contributed by atoms with Crippen LogP contribution in [0, 0.1) is 0 Å². The summed E-state index contributed by atoms with van der Waals surface area (Å²) in [4.78, 5) is 59.1. The number of H-pyrrole nitrogens is 1. The minimum absolute atomic E-state index is 0.143. The standard InChI is InChI=1S/C32H26N4O5/c1-35-30(38)26-24-18-11-5-7-13-20(18)34-28(24)29-25(27(26)31(35)39)19-12-6-8-14-22(19)36(29)16-23(37)33-21(32(40)41)15-17-9-3-2-4-10-17/h2-10,12-14,21-22,34H,11,15-16H2,1H3,(H,33,37)(H,40,41). The topological polar surface area (TPSA) is 123 Å². The van der Waals surface area contributed by atoms with E-state index in [1.807, 2.05) is 77.8 Å². The highest BCUT2D eigenvalue weighted by Gasteiger charge is 2.43. The van der Waals surface area contributed by atoms with Gasteiger partial charge in [0, 0.05) is 29.4 Å². The van der Waals surface area contributed by atoms with Gasteiger partial charge in [0.1, 0.15) is 6.04 Å². The van der Waals surface area contributed by atoms with E-state index in [1.165, 1.54) is 7.05 Å². The quantitative estimate of drug-likeness (QED) is 0.404. The Morgan fingerprint density at radius 3 is 2.66 bits per heavy atom. The van der Waals surface area contributed by atoms with Crippen molar-refractivity contribution in [3.63, 3.8) is 0 Å². The number of benzene rings is 2. The number of imide groups is 1. The Balaban J connectivity index is 1.36. The predicted molar refractivity (Wildman–Crippen MR) is 154 cm³/mol. The second-order valence-corrected chi connectivity index (χ2v) is 10.6. The van der Waals surface area contributed by atoms with Crippen LogP contribution in [0.2, 0.25) is 0 Å². The number of nitrogens with one attached hydrogen (secondary N) is 2. The number of aliphatic carboxylic acids is 1. The number of anilines is 1. The first-order valence-corrected chi connectivity index (χ1v) is 13.5. The second kappa shape index (κ2) is 9.19. The van der Waals surface area contributed by atoms with Gasteiger partial charge in [0.05, 0.1) is 34.9 Å². The Morgan fingerprint density at radius 1 is 1.10 bits per heavy atom. The molecule has 0 radical (unpaired) electrons. The van der Waals surface area contributed by atoms with Crippen LogP contribution in [0.1, 0.15) is 31.8 Å². The van der Waals surface area contributed by atoms with Gasteiger partial charge in [0.25, 0.3) is 11.8 Å². The summed E-state index contributed by atoms with van der Waals surface area (Å²) in [6.07, 6.45) is 14.3. The van der Waals surface area contributed by atoms with Crippen molar-refractivity contribution in [1.82, 2.24) is 15.2 Å². The van der Waals surface area contributed by atoms with E-state index < -0.39 is 17.9 Å². The lowest BCUT2D eigenvalue weighted by Gasteiger charge is -2.29. The number of nitrogens with zero attached hydrogens (tertiary/aromatic N) is 2. The number of rotatable bonds is 6. The third kappa shape index (κ3) is 3.69. The van der Waals surface area contributed by atoms with Gasteiger partial charge in [-0.05, 0) is 29.2 Å². The van der Waals surface area contributed by atoms with Gasteiger partial charge >= 0.3 is 5.97 Å². The van der Waals surface area contributed by atoms with Crippen molar-refractivity contribution in [3.05, 3.63) is 99.6 Å². The van der Waals surface area contributed by atoms with Crippen molar-refractivity contribution < 1.29 is 24.3 Å². The van der Waals surface area contributed by atoms with Crippen molar-refractivity contribution in [2.24, 2.45) is 0 Å². The van der Waals surface area contributed by atoms with E-state index in [9.17, 15) is 24.3 Å². The largest absolute Gasteiger partial charge is 0.480 e. The van der Waals surface area contributed by atoms with Crippen LogP contribution in [0.15, 0.2) is 66.8 Å². The summed E-state index contributed by atoms with van der Waals surface area (Å²) in [5.74, 6) is -2.30. The molecule has 3 heterocycles. The summed E-state index contributed by atoms with van der Waals surface area (Å²) in [6.45, 7) is -0.143. The molecule has 4 aliphatic rings. The maximum atomic E-state index is 13.6. The molecule has 9 nitrogen and oxygen atoms in total. The molecule has 0 spiro atoms. The van der Waals surface area contributed by atoms with Crippen LogP contribution in [0.3, 0.4) is 0 Å². The Bertz CT molecular complexity index is 1910. The number of carbonyl (C=O) groups excluding carboxylic acids is 3. The Hall–Kier alpha value is -5.18. The van der Waals surface area contributed by atoms with Gasteiger partial charge in [-0.2, -0.15) is 0 Å². The van der Waals surface area contributed by atoms with E-state index in [0.717, 1.165) is 26.9 Å². The minimum atomic E-state index is -1.12. The lowest BCUT2D eigenvalue weighted by molar-refractivity contribution is -0.141. The number of aromatic amines is 1. The summed E-state index contributed by atoms with van der Waals surface area (Å²) < 4.78 is 0. The maximum Gasteiger partial charge on any atom is 0.326 e. The lowest BCUT2D eigenvalue weighted by Crippen LogP contribution is -2.48. The molecule has 0 bridgehead atoms. The van der Waals surface area contributed by atoms with Crippen molar-refractivity contribution in [1.29, 1.82) is 0 Å². The molecule has 3 aromatic rings. The number of fused-ring (bicyclic) bond motifs is 9. The van der Waals surface area contributed by atoms with Crippen molar-refractivity contribution in [3.8, 4) is 0 Å². The highest BCUT2D eigenvalue weighted by atomic mass is 16.4. The number of hydrogen-bond donors (Lipinski definition) is 3. The van der Waals surface area contributed by atoms with Crippen molar-refractivity contribution >= 4 is 51.9 Å². The zero-order valence-corrected chi connectivity index (χ0v) is 22.2.